The molecule has 21 heavy (non-hydrogen) atoms. The molecule has 0 amide bonds. The summed E-state index contributed by atoms with van der Waals surface area (Å²) in [7, 11) is 0. The molecule has 4 heteroatoms. The second kappa shape index (κ2) is 5.06. The summed E-state index contributed by atoms with van der Waals surface area (Å²) < 4.78 is 5.25. The number of thiophene rings is 1. The quantitative estimate of drug-likeness (QED) is 0.483. The highest BCUT2D eigenvalue weighted by Gasteiger charge is 2.08. The molecule has 4 rings (SSSR count). The number of nitrogens with zero attached hydrogens (tertiary/aromatic N) is 2. The van der Waals surface area contributed by atoms with Gasteiger partial charge in [0.25, 0.3) is 0 Å². The average molecular weight is 308 g/mol. The first kappa shape index (κ1) is 12.7. The first-order chi connectivity index (χ1) is 10.3. The summed E-state index contributed by atoms with van der Waals surface area (Å²) in [5.41, 5.74) is 2.25. The molecule has 0 saturated carbocycles. The van der Waals surface area contributed by atoms with Crippen LogP contribution in [0, 0.1) is 4.64 Å². The highest BCUT2D eigenvalue weighted by atomic mass is 32.1. The van der Waals surface area contributed by atoms with Crippen molar-refractivity contribution in [3.8, 4) is 0 Å². The number of benzene rings is 2. The summed E-state index contributed by atoms with van der Waals surface area (Å²) in [5.74, 6) is 0. The second-order valence-electron chi connectivity index (χ2n) is 4.94. The molecular formula is C17H12N2S2. The minimum atomic E-state index is 0.761. The fourth-order valence-electron chi connectivity index (χ4n) is 2.51. The van der Waals surface area contributed by atoms with Gasteiger partial charge in [-0.05, 0) is 11.6 Å². The van der Waals surface area contributed by atoms with Gasteiger partial charge in [0, 0.05) is 16.6 Å². The maximum Gasteiger partial charge on any atom is 0.127 e. The van der Waals surface area contributed by atoms with Gasteiger partial charge < -0.3 is 4.57 Å². The van der Waals surface area contributed by atoms with Crippen LogP contribution in [0.3, 0.4) is 0 Å². The van der Waals surface area contributed by atoms with Crippen LogP contribution in [-0.4, -0.2) is 9.55 Å². The largest absolute Gasteiger partial charge is 0.318 e. The normalized spacial score (nSPS) is 11.2. The van der Waals surface area contributed by atoms with Gasteiger partial charge in [-0.3, -0.25) is 0 Å². The molecule has 0 aliphatic heterocycles. The summed E-state index contributed by atoms with van der Waals surface area (Å²) in [4.78, 5) is 4.63. The zero-order valence-electron chi connectivity index (χ0n) is 11.2. The van der Waals surface area contributed by atoms with Crippen LogP contribution in [0.15, 0.2) is 60.9 Å². The van der Waals surface area contributed by atoms with Crippen LogP contribution in [0.5, 0.6) is 0 Å². The Labute approximate surface area is 131 Å². The standard InChI is InChI=1S/C17H12N2S2/c20-17-16-15(13-8-4-5-9-14(13)21-16)18-11-19(17)10-12-6-2-1-3-7-12/h1-9,11H,10H2. The summed E-state index contributed by atoms with van der Waals surface area (Å²) in [6.45, 7) is 0.761. The molecule has 0 spiro atoms. The number of fused-ring (bicyclic) bond motifs is 3. The van der Waals surface area contributed by atoms with Crippen molar-refractivity contribution in [1.29, 1.82) is 0 Å². The Bertz CT molecular complexity index is 984. The van der Waals surface area contributed by atoms with E-state index in [4.69, 9.17) is 12.2 Å². The maximum atomic E-state index is 5.67. The fourth-order valence-corrected chi connectivity index (χ4v) is 3.95. The number of aromatic nitrogens is 2. The second-order valence-corrected chi connectivity index (χ2v) is 6.38. The predicted molar refractivity (Wildman–Crippen MR) is 91.5 cm³/mol. The van der Waals surface area contributed by atoms with Crippen molar-refractivity contribution >= 4 is 43.9 Å². The van der Waals surface area contributed by atoms with Crippen molar-refractivity contribution < 1.29 is 0 Å². The Balaban J connectivity index is 1.90. The highest BCUT2D eigenvalue weighted by Crippen LogP contribution is 2.32. The molecule has 0 atom stereocenters. The van der Waals surface area contributed by atoms with E-state index in [0.29, 0.717) is 0 Å². The SMILES string of the molecule is S=c1c2sc3ccccc3c2ncn1Cc1ccccc1. The summed E-state index contributed by atoms with van der Waals surface area (Å²) in [5, 5.41) is 1.19. The first-order valence-corrected chi connectivity index (χ1v) is 7.96. The minimum absolute atomic E-state index is 0.761. The van der Waals surface area contributed by atoms with Gasteiger partial charge in [0.2, 0.25) is 0 Å². The molecule has 2 heterocycles. The smallest absolute Gasteiger partial charge is 0.127 e. The van der Waals surface area contributed by atoms with Gasteiger partial charge in [0.15, 0.2) is 0 Å². The van der Waals surface area contributed by atoms with Gasteiger partial charge in [-0.15, -0.1) is 11.3 Å². The van der Waals surface area contributed by atoms with Gasteiger partial charge in [-0.2, -0.15) is 0 Å². The Morgan fingerprint density at radius 1 is 1.00 bits per heavy atom. The molecule has 0 unspecified atom stereocenters. The van der Waals surface area contributed by atoms with Crippen LogP contribution in [0.1, 0.15) is 5.56 Å². The van der Waals surface area contributed by atoms with Crippen molar-refractivity contribution in [2.75, 3.05) is 0 Å². The monoisotopic (exact) mass is 308 g/mol. The predicted octanol–water partition coefficient (Wildman–Crippen LogP) is 5.03. The zero-order valence-corrected chi connectivity index (χ0v) is 12.8. The molecule has 0 saturated heterocycles. The fraction of sp³-hybridized carbons (Fsp3) is 0.0588. The summed E-state index contributed by atoms with van der Waals surface area (Å²) in [6.07, 6.45) is 1.86. The lowest BCUT2D eigenvalue weighted by molar-refractivity contribution is 0.767. The first-order valence-electron chi connectivity index (χ1n) is 6.73. The van der Waals surface area contributed by atoms with Gasteiger partial charge in [-0.1, -0.05) is 60.7 Å². The van der Waals surface area contributed by atoms with Crippen LogP contribution in [0.4, 0.5) is 0 Å². The van der Waals surface area contributed by atoms with Crippen molar-refractivity contribution in [3.63, 3.8) is 0 Å². The molecule has 4 aromatic rings. The molecule has 2 aromatic heterocycles. The summed E-state index contributed by atoms with van der Waals surface area (Å²) >= 11 is 7.39. The van der Waals surface area contributed by atoms with E-state index >= 15 is 0 Å². The zero-order chi connectivity index (χ0) is 14.2. The molecule has 0 aliphatic carbocycles. The number of hydrogen-bond donors (Lipinski definition) is 0. The van der Waals surface area contributed by atoms with Crippen LogP contribution in [0.2, 0.25) is 0 Å². The lowest BCUT2D eigenvalue weighted by Crippen LogP contribution is -2.02. The molecule has 2 nitrogen and oxygen atoms in total. The number of hydrogen-bond acceptors (Lipinski definition) is 3. The van der Waals surface area contributed by atoms with Gasteiger partial charge >= 0.3 is 0 Å². The molecule has 0 radical (unpaired) electrons. The van der Waals surface area contributed by atoms with E-state index in [1.54, 1.807) is 11.3 Å². The van der Waals surface area contributed by atoms with Crippen molar-refractivity contribution in [2.45, 2.75) is 6.54 Å². The van der Waals surface area contributed by atoms with Crippen LogP contribution < -0.4 is 0 Å². The maximum absolute atomic E-state index is 5.67. The van der Waals surface area contributed by atoms with Crippen LogP contribution in [0.25, 0.3) is 20.3 Å². The van der Waals surface area contributed by atoms with E-state index in [1.165, 1.54) is 15.6 Å². The highest BCUT2D eigenvalue weighted by molar-refractivity contribution is 7.72. The third kappa shape index (κ3) is 2.17. The van der Waals surface area contributed by atoms with Gasteiger partial charge in [0.05, 0.1) is 16.5 Å². The topological polar surface area (TPSA) is 17.8 Å². The molecule has 0 aliphatic rings. The third-order valence-electron chi connectivity index (χ3n) is 3.55. The van der Waals surface area contributed by atoms with E-state index in [9.17, 15) is 0 Å². The van der Waals surface area contributed by atoms with E-state index in [1.807, 2.05) is 35.2 Å². The van der Waals surface area contributed by atoms with E-state index < -0.39 is 0 Å². The Morgan fingerprint density at radius 2 is 1.76 bits per heavy atom. The van der Waals surface area contributed by atoms with Gasteiger partial charge in [-0.25, -0.2) is 4.98 Å². The average Bonchev–Trinajstić information content (AvgIpc) is 2.91. The minimum Gasteiger partial charge on any atom is -0.318 e. The van der Waals surface area contributed by atoms with Crippen molar-refractivity contribution in [3.05, 3.63) is 71.1 Å². The van der Waals surface area contributed by atoms with Crippen LogP contribution >= 0.6 is 23.6 Å². The van der Waals surface area contributed by atoms with E-state index in [2.05, 4.69) is 35.3 Å². The lowest BCUT2D eigenvalue weighted by Gasteiger charge is -2.06. The van der Waals surface area contributed by atoms with E-state index in [-0.39, 0.29) is 0 Å². The van der Waals surface area contributed by atoms with Crippen molar-refractivity contribution in [1.82, 2.24) is 9.55 Å². The Hall–Kier alpha value is -2.04. The molecule has 2 aromatic carbocycles. The summed E-state index contributed by atoms with van der Waals surface area (Å²) in [6, 6.07) is 18.7. The molecular weight excluding hydrogens is 296 g/mol. The number of rotatable bonds is 2. The van der Waals surface area contributed by atoms with E-state index in [0.717, 1.165) is 21.4 Å². The van der Waals surface area contributed by atoms with Crippen molar-refractivity contribution in [2.24, 2.45) is 0 Å². The Kier molecular flexibility index (Phi) is 3.05. The molecule has 0 N–H and O–H groups in total. The molecule has 102 valence electrons. The van der Waals surface area contributed by atoms with Gasteiger partial charge in [0.1, 0.15) is 4.64 Å². The molecule has 0 bridgehead atoms. The third-order valence-corrected chi connectivity index (χ3v) is 5.28. The lowest BCUT2D eigenvalue weighted by atomic mass is 10.2. The Morgan fingerprint density at radius 3 is 2.62 bits per heavy atom. The molecule has 0 fully saturated rings. The van der Waals surface area contributed by atoms with Crippen LogP contribution in [-0.2, 0) is 6.54 Å².